The van der Waals surface area contributed by atoms with Gasteiger partial charge in [-0.25, -0.2) is 0 Å². The summed E-state index contributed by atoms with van der Waals surface area (Å²) in [5.74, 6) is 0. The summed E-state index contributed by atoms with van der Waals surface area (Å²) >= 11 is 0.725. The zero-order chi connectivity index (χ0) is 14.9. The highest BCUT2D eigenvalue weighted by Crippen LogP contribution is 2.25. The predicted octanol–water partition coefficient (Wildman–Crippen LogP) is 1.14. The molecule has 0 saturated carbocycles. The molecule has 20 heavy (non-hydrogen) atoms. The Morgan fingerprint density at radius 3 is 2.60 bits per heavy atom. The fourth-order valence-electron chi connectivity index (χ4n) is 1.39. The van der Waals surface area contributed by atoms with Crippen molar-refractivity contribution in [3.63, 3.8) is 0 Å². The standard InChI is InChI=1S/C9H9N5O4S2/c1-5-4-6(14(15)16)2-3-7(5)13-20(17,18)9-12-11-8(10)19-9/h2-4,13H,1H3,(H2,10,11). The summed E-state index contributed by atoms with van der Waals surface area (Å²) in [5.41, 5.74) is 5.85. The molecule has 0 bridgehead atoms. The number of hydrogen-bond donors (Lipinski definition) is 2. The highest BCUT2D eigenvalue weighted by molar-refractivity contribution is 7.94. The minimum Gasteiger partial charge on any atom is -0.374 e. The van der Waals surface area contributed by atoms with Crippen molar-refractivity contribution < 1.29 is 13.3 Å². The van der Waals surface area contributed by atoms with Crippen LogP contribution in [0.4, 0.5) is 16.5 Å². The second-order valence-corrected chi connectivity index (χ2v) is 6.63. The number of nitrogen functional groups attached to an aromatic ring is 1. The van der Waals surface area contributed by atoms with E-state index in [2.05, 4.69) is 14.9 Å². The van der Waals surface area contributed by atoms with Gasteiger partial charge in [-0.15, -0.1) is 10.2 Å². The number of nitrogens with zero attached hydrogens (tertiary/aromatic N) is 3. The highest BCUT2D eigenvalue weighted by atomic mass is 32.2. The number of nitro benzene ring substituents is 1. The van der Waals surface area contributed by atoms with Crippen molar-refractivity contribution >= 4 is 37.9 Å². The van der Waals surface area contributed by atoms with Crippen molar-refractivity contribution in [2.24, 2.45) is 0 Å². The van der Waals surface area contributed by atoms with Crippen molar-refractivity contribution in [2.45, 2.75) is 11.3 Å². The van der Waals surface area contributed by atoms with E-state index in [4.69, 9.17) is 5.73 Å². The number of non-ortho nitro benzene ring substituents is 1. The van der Waals surface area contributed by atoms with Crippen LogP contribution in [0, 0.1) is 17.0 Å². The van der Waals surface area contributed by atoms with Crippen molar-refractivity contribution in [1.82, 2.24) is 10.2 Å². The number of nitro groups is 1. The maximum absolute atomic E-state index is 12.0. The molecule has 0 amide bonds. The van der Waals surface area contributed by atoms with Crippen LogP contribution in [-0.2, 0) is 10.0 Å². The van der Waals surface area contributed by atoms with Crippen molar-refractivity contribution in [2.75, 3.05) is 10.5 Å². The first-order chi connectivity index (χ1) is 9.29. The Labute approximate surface area is 117 Å². The summed E-state index contributed by atoms with van der Waals surface area (Å²) in [5, 5.41) is 17.5. The third-order valence-corrected chi connectivity index (χ3v) is 4.80. The first-order valence-corrected chi connectivity index (χ1v) is 7.46. The molecule has 0 aliphatic rings. The zero-order valence-corrected chi connectivity index (χ0v) is 11.7. The number of aromatic nitrogens is 2. The normalized spacial score (nSPS) is 11.2. The fourth-order valence-corrected chi connectivity index (χ4v) is 3.31. The molecule has 11 heteroatoms. The maximum atomic E-state index is 12.0. The summed E-state index contributed by atoms with van der Waals surface area (Å²) in [6, 6.07) is 3.79. The Kier molecular flexibility index (Phi) is 3.55. The van der Waals surface area contributed by atoms with Crippen LogP contribution >= 0.6 is 11.3 Å². The topological polar surface area (TPSA) is 141 Å². The van der Waals surface area contributed by atoms with Crippen LogP contribution in [0.1, 0.15) is 5.56 Å². The average molecular weight is 315 g/mol. The molecule has 0 aliphatic heterocycles. The van der Waals surface area contributed by atoms with Gasteiger partial charge in [0, 0.05) is 12.1 Å². The molecule has 2 rings (SSSR count). The summed E-state index contributed by atoms with van der Waals surface area (Å²) in [7, 11) is -3.90. The third kappa shape index (κ3) is 2.83. The molecule has 1 heterocycles. The molecule has 0 saturated heterocycles. The molecule has 0 atom stereocenters. The van der Waals surface area contributed by atoms with Gasteiger partial charge < -0.3 is 5.73 Å². The van der Waals surface area contributed by atoms with Crippen LogP contribution in [0.25, 0.3) is 0 Å². The molecule has 106 valence electrons. The van der Waals surface area contributed by atoms with E-state index in [1.165, 1.54) is 18.2 Å². The van der Waals surface area contributed by atoms with E-state index in [1.54, 1.807) is 6.92 Å². The second kappa shape index (κ2) is 5.02. The van der Waals surface area contributed by atoms with Crippen LogP contribution in [0.15, 0.2) is 22.5 Å². The monoisotopic (exact) mass is 315 g/mol. The van der Waals surface area contributed by atoms with Crippen molar-refractivity contribution in [3.05, 3.63) is 33.9 Å². The maximum Gasteiger partial charge on any atom is 0.291 e. The molecule has 1 aromatic carbocycles. The highest BCUT2D eigenvalue weighted by Gasteiger charge is 2.21. The summed E-state index contributed by atoms with van der Waals surface area (Å²) in [6.45, 7) is 1.55. The first-order valence-electron chi connectivity index (χ1n) is 5.16. The molecule has 0 radical (unpaired) electrons. The Bertz CT molecular complexity index is 770. The third-order valence-electron chi connectivity index (χ3n) is 2.32. The van der Waals surface area contributed by atoms with Crippen LogP contribution in [-0.4, -0.2) is 23.5 Å². The lowest BCUT2D eigenvalue weighted by molar-refractivity contribution is -0.384. The molecule has 0 fully saturated rings. The average Bonchev–Trinajstić information content (AvgIpc) is 2.79. The van der Waals surface area contributed by atoms with Crippen LogP contribution in [0.2, 0.25) is 0 Å². The Balaban J connectivity index is 2.32. The largest absolute Gasteiger partial charge is 0.374 e. The molecule has 3 N–H and O–H groups in total. The van der Waals surface area contributed by atoms with E-state index in [-0.39, 0.29) is 20.8 Å². The van der Waals surface area contributed by atoms with E-state index in [0.29, 0.717) is 5.56 Å². The second-order valence-electron chi connectivity index (χ2n) is 3.77. The van der Waals surface area contributed by atoms with E-state index in [1.807, 2.05) is 0 Å². The van der Waals surface area contributed by atoms with E-state index < -0.39 is 14.9 Å². The van der Waals surface area contributed by atoms with Gasteiger partial charge in [-0.1, -0.05) is 11.3 Å². The molecular formula is C9H9N5O4S2. The number of benzene rings is 1. The minimum absolute atomic E-state index is 0.0331. The van der Waals surface area contributed by atoms with Gasteiger partial charge in [0.25, 0.3) is 20.1 Å². The van der Waals surface area contributed by atoms with Crippen LogP contribution in [0.3, 0.4) is 0 Å². The Morgan fingerprint density at radius 2 is 2.10 bits per heavy atom. The molecule has 1 aromatic heterocycles. The smallest absolute Gasteiger partial charge is 0.291 e. The van der Waals surface area contributed by atoms with E-state index in [9.17, 15) is 18.5 Å². The van der Waals surface area contributed by atoms with Crippen LogP contribution in [0.5, 0.6) is 0 Å². The van der Waals surface area contributed by atoms with E-state index >= 15 is 0 Å². The molecule has 9 nitrogen and oxygen atoms in total. The molecule has 0 unspecified atom stereocenters. The number of hydrogen-bond acceptors (Lipinski definition) is 8. The van der Waals surface area contributed by atoms with Crippen molar-refractivity contribution in [3.8, 4) is 0 Å². The SMILES string of the molecule is Cc1cc([N+](=O)[O-])ccc1NS(=O)(=O)c1nnc(N)s1. The number of nitrogens with one attached hydrogen (secondary N) is 1. The summed E-state index contributed by atoms with van der Waals surface area (Å²) < 4.78 is 26.0. The van der Waals surface area contributed by atoms with Gasteiger partial charge in [0.2, 0.25) is 5.13 Å². The minimum atomic E-state index is -3.90. The fraction of sp³-hybridized carbons (Fsp3) is 0.111. The van der Waals surface area contributed by atoms with E-state index in [0.717, 1.165) is 11.3 Å². The molecule has 0 spiro atoms. The number of aryl methyl sites for hydroxylation is 1. The van der Waals surface area contributed by atoms with Gasteiger partial charge in [-0.05, 0) is 18.6 Å². The number of anilines is 2. The Morgan fingerprint density at radius 1 is 1.40 bits per heavy atom. The van der Waals surface area contributed by atoms with Gasteiger partial charge in [-0.3, -0.25) is 14.8 Å². The van der Waals surface area contributed by atoms with Gasteiger partial charge in [0.1, 0.15) is 0 Å². The van der Waals surface area contributed by atoms with Gasteiger partial charge >= 0.3 is 0 Å². The lowest BCUT2D eigenvalue weighted by Crippen LogP contribution is -2.13. The molecule has 0 aliphatic carbocycles. The van der Waals surface area contributed by atoms with Crippen LogP contribution < -0.4 is 10.5 Å². The quantitative estimate of drug-likeness (QED) is 0.636. The number of nitrogens with two attached hydrogens (primary N) is 1. The lowest BCUT2D eigenvalue weighted by atomic mass is 10.2. The zero-order valence-electron chi connectivity index (χ0n) is 10.1. The summed E-state index contributed by atoms with van der Waals surface area (Å²) in [4.78, 5) is 10.1. The van der Waals surface area contributed by atoms with Crippen molar-refractivity contribution in [1.29, 1.82) is 0 Å². The van der Waals surface area contributed by atoms with Gasteiger partial charge in [-0.2, -0.15) is 8.42 Å². The molecular weight excluding hydrogens is 306 g/mol. The number of rotatable bonds is 4. The van der Waals surface area contributed by atoms with Gasteiger partial charge in [0.05, 0.1) is 10.6 Å². The summed E-state index contributed by atoms with van der Waals surface area (Å²) in [6.07, 6.45) is 0. The number of sulfonamides is 1. The predicted molar refractivity (Wildman–Crippen MR) is 73.0 cm³/mol. The lowest BCUT2D eigenvalue weighted by Gasteiger charge is -2.07. The molecule has 2 aromatic rings. The first kappa shape index (κ1) is 14.1. The Hall–Kier alpha value is -2.27. The van der Waals surface area contributed by atoms with Gasteiger partial charge in [0.15, 0.2) is 0 Å².